The number of anilines is 2. The van der Waals surface area contributed by atoms with Crippen LogP contribution in [0.25, 0.3) is 0 Å². The molecule has 7 heteroatoms. The maximum absolute atomic E-state index is 13.8. The summed E-state index contributed by atoms with van der Waals surface area (Å²) in [6.45, 7) is 0. The van der Waals surface area contributed by atoms with Gasteiger partial charge in [-0.1, -0.05) is 18.2 Å². The molecule has 1 atom stereocenters. The minimum Gasteiger partial charge on any atom is -0.384 e. The van der Waals surface area contributed by atoms with Crippen molar-refractivity contribution in [2.45, 2.75) is 24.7 Å². The van der Waals surface area contributed by atoms with Gasteiger partial charge in [-0.3, -0.25) is 14.5 Å². The standard InChI is InChI=1S/C24H19FN4O2/c1-28-18-6-3-2-5-16(18)24(23(28)31)17(13-26)22(27)29(15-11-9-14(25)10-12-15)19-7-4-8-20(30)21(19)24/h2-3,5-6,9-12H,4,7-8,27H2,1H3. The Kier molecular flexibility index (Phi) is 4.02. The van der Waals surface area contributed by atoms with E-state index in [1.807, 2.05) is 6.07 Å². The number of para-hydroxylation sites is 1. The summed E-state index contributed by atoms with van der Waals surface area (Å²) >= 11 is 0. The molecule has 2 N–H and O–H groups in total. The highest BCUT2D eigenvalue weighted by Crippen LogP contribution is 2.56. The average molecular weight is 414 g/mol. The molecule has 1 unspecified atom stereocenters. The van der Waals surface area contributed by atoms with Crippen LogP contribution in [0, 0.1) is 17.1 Å². The van der Waals surface area contributed by atoms with Crippen LogP contribution in [0.5, 0.6) is 0 Å². The minimum absolute atomic E-state index is 0.0209. The number of fused-ring (bicyclic) bond motifs is 3. The smallest absolute Gasteiger partial charge is 0.247 e. The monoisotopic (exact) mass is 414 g/mol. The maximum atomic E-state index is 13.8. The highest BCUT2D eigenvalue weighted by molar-refractivity contribution is 6.20. The van der Waals surface area contributed by atoms with E-state index in [0.717, 1.165) is 0 Å². The quantitative estimate of drug-likeness (QED) is 0.774. The Morgan fingerprint density at radius 1 is 1.10 bits per heavy atom. The summed E-state index contributed by atoms with van der Waals surface area (Å²) < 4.78 is 13.6. The topological polar surface area (TPSA) is 90.4 Å². The molecule has 1 spiro atoms. The van der Waals surface area contributed by atoms with Gasteiger partial charge >= 0.3 is 0 Å². The molecule has 0 radical (unpaired) electrons. The Bertz CT molecular complexity index is 1260. The zero-order valence-corrected chi connectivity index (χ0v) is 16.9. The number of carbonyl (C=O) groups excluding carboxylic acids is 2. The van der Waals surface area contributed by atoms with Crippen molar-refractivity contribution in [1.29, 1.82) is 5.26 Å². The fourth-order valence-electron chi connectivity index (χ4n) is 5.12. The Hall–Kier alpha value is -3.92. The van der Waals surface area contributed by atoms with E-state index in [-0.39, 0.29) is 29.5 Å². The molecule has 1 aliphatic carbocycles. The van der Waals surface area contributed by atoms with Gasteiger partial charge in [-0.05, 0) is 43.2 Å². The molecule has 31 heavy (non-hydrogen) atoms. The van der Waals surface area contributed by atoms with E-state index in [1.165, 1.54) is 17.0 Å². The number of allylic oxidation sites excluding steroid dienone is 1. The summed E-state index contributed by atoms with van der Waals surface area (Å²) in [5.41, 5.74) is 7.68. The Balaban J connectivity index is 1.89. The number of rotatable bonds is 1. The number of nitrogens with zero attached hydrogens (tertiary/aromatic N) is 3. The van der Waals surface area contributed by atoms with E-state index in [9.17, 15) is 19.2 Å². The molecule has 1 amide bonds. The highest BCUT2D eigenvalue weighted by Gasteiger charge is 2.61. The average Bonchev–Trinajstić information content (AvgIpc) is 2.98. The molecule has 0 aromatic heterocycles. The summed E-state index contributed by atoms with van der Waals surface area (Å²) in [5, 5.41) is 10.2. The van der Waals surface area contributed by atoms with Crippen LogP contribution >= 0.6 is 0 Å². The number of carbonyl (C=O) groups is 2. The molecule has 154 valence electrons. The summed E-state index contributed by atoms with van der Waals surface area (Å²) in [6.07, 6.45) is 1.40. The van der Waals surface area contributed by atoms with Gasteiger partial charge in [0.25, 0.3) is 0 Å². The summed E-state index contributed by atoms with van der Waals surface area (Å²) in [6, 6.07) is 15.0. The van der Waals surface area contributed by atoms with Gasteiger partial charge in [-0.15, -0.1) is 0 Å². The van der Waals surface area contributed by atoms with Gasteiger partial charge in [-0.2, -0.15) is 5.26 Å². The Labute approximate surface area is 178 Å². The van der Waals surface area contributed by atoms with Gasteiger partial charge in [0.05, 0.1) is 5.57 Å². The lowest BCUT2D eigenvalue weighted by Gasteiger charge is -2.43. The fourth-order valence-corrected chi connectivity index (χ4v) is 5.12. The van der Waals surface area contributed by atoms with Crippen molar-refractivity contribution in [3.8, 4) is 6.07 Å². The van der Waals surface area contributed by atoms with Crippen LogP contribution in [-0.2, 0) is 15.0 Å². The summed E-state index contributed by atoms with van der Waals surface area (Å²) in [5.74, 6) is -0.862. The molecule has 5 rings (SSSR count). The van der Waals surface area contributed by atoms with Gasteiger partial charge in [0.15, 0.2) is 5.78 Å². The Morgan fingerprint density at radius 3 is 2.52 bits per heavy atom. The van der Waals surface area contributed by atoms with Crippen molar-refractivity contribution in [3.63, 3.8) is 0 Å². The number of likely N-dealkylation sites (N-methyl/N-ethyl adjacent to an activating group) is 1. The van der Waals surface area contributed by atoms with Gasteiger partial charge in [-0.25, -0.2) is 4.39 Å². The second kappa shape index (κ2) is 6.54. The number of benzene rings is 2. The van der Waals surface area contributed by atoms with Crippen LogP contribution in [0.15, 0.2) is 71.2 Å². The second-order valence-electron chi connectivity index (χ2n) is 7.91. The lowest BCUT2D eigenvalue weighted by molar-refractivity contribution is -0.124. The van der Waals surface area contributed by atoms with E-state index in [4.69, 9.17) is 5.73 Å². The molecule has 2 aromatic carbocycles. The molecule has 6 nitrogen and oxygen atoms in total. The van der Waals surface area contributed by atoms with Crippen molar-refractivity contribution >= 4 is 23.1 Å². The fraction of sp³-hybridized carbons (Fsp3) is 0.208. The van der Waals surface area contributed by atoms with Gasteiger partial charge in [0.1, 0.15) is 23.1 Å². The van der Waals surface area contributed by atoms with Crippen LogP contribution < -0.4 is 15.5 Å². The maximum Gasteiger partial charge on any atom is 0.247 e. The first-order valence-electron chi connectivity index (χ1n) is 10.0. The number of halogens is 1. The van der Waals surface area contributed by atoms with E-state index < -0.39 is 11.2 Å². The lowest BCUT2D eigenvalue weighted by atomic mass is 9.64. The zero-order valence-electron chi connectivity index (χ0n) is 16.9. The largest absolute Gasteiger partial charge is 0.384 e. The van der Waals surface area contributed by atoms with Crippen LogP contribution in [0.4, 0.5) is 15.8 Å². The number of Topliss-reactive ketones (excluding diaryl/α,β-unsaturated/α-hetero) is 1. The van der Waals surface area contributed by atoms with Gasteiger partial charge in [0, 0.05) is 41.7 Å². The van der Waals surface area contributed by atoms with Crippen molar-refractivity contribution in [2.24, 2.45) is 5.73 Å². The molecule has 2 heterocycles. The third-order valence-corrected chi connectivity index (χ3v) is 6.39. The van der Waals surface area contributed by atoms with Gasteiger partial charge < -0.3 is 10.6 Å². The number of nitrogens with two attached hydrogens (primary N) is 1. The van der Waals surface area contributed by atoms with Crippen molar-refractivity contribution in [2.75, 3.05) is 16.8 Å². The molecule has 2 aliphatic heterocycles. The number of ketones is 1. The van der Waals surface area contributed by atoms with Crippen molar-refractivity contribution < 1.29 is 14.0 Å². The Morgan fingerprint density at radius 2 is 1.81 bits per heavy atom. The number of amides is 1. The first kappa shape index (κ1) is 19.1. The predicted molar refractivity (Wildman–Crippen MR) is 113 cm³/mol. The minimum atomic E-state index is -1.56. The molecule has 0 fully saturated rings. The third kappa shape index (κ3) is 2.30. The highest BCUT2D eigenvalue weighted by atomic mass is 19.1. The SMILES string of the molecule is CN1C(=O)C2(C(C#N)=C(N)N(c3ccc(F)cc3)C3=C2C(=O)CCC3)c2ccccc21. The molecule has 0 bridgehead atoms. The van der Waals surface area contributed by atoms with E-state index >= 15 is 0 Å². The molecule has 0 saturated heterocycles. The van der Waals surface area contributed by atoms with Crippen molar-refractivity contribution in [1.82, 2.24) is 0 Å². The summed E-state index contributed by atoms with van der Waals surface area (Å²) in [4.78, 5) is 30.3. The lowest BCUT2D eigenvalue weighted by Crippen LogP contribution is -2.52. The number of hydrogen-bond acceptors (Lipinski definition) is 5. The summed E-state index contributed by atoms with van der Waals surface area (Å²) in [7, 11) is 1.64. The number of hydrogen-bond donors (Lipinski definition) is 1. The van der Waals surface area contributed by atoms with Crippen LogP contribution in [0.2, 0.25) is 0 Å². The van der Waals surface area contributed by atoms with Gasteiger partial charge in [0.2, 0.25) is 5.91 Å². The molecule has 3 aliphatic rings. The van der Waals surface area contributed by atoms with Crippen molar-refractivity contribution in [3.05, 3.63) is 82.6 Å². The molecular formula is C24H19FN4O2. The van der Waals surface area contributed by atoms with E-state index in [0.29, 0.717) is 41.1 Å². The van der Waals surface area contributed by atoms with Crippen LogP contribution in [0.3, 0.4) is 0 Å². The molecular weight excluding hydrogens is 395 g/mol. The number of nitriles is 1. The third-order valence-electron chi connectivity index (χ3n) is 6.39. The van der Waals surface area contributed by atoms with Crippen LogP contribution in [-0.4, -0.2) is 18.7 Å². The first-order chi connectivity index (χ1) is 14.9. The molecule has 2 aromatic rings. The zero-order chi connectivity index (χ0) is 21.9. The second-order valence-corrected chi connectivity index (χ2v) is 7.91. The first-order valence-corrected chi connectivity index (χ1v) is 10.0. The van der Waals surface area contributed by atoms with E-state index in [1.54, 1.807) is 42.3 Å². The van der Waals surface area contributed by atoms with E-state index in [2.05, 4.69) is 6.07 Å². The van der Waals surface area contributed by atoms with Crippen LogP contribution in [0.1, 0.15) is 24.8 Å². The normalized spacial score (nSPS) is 22.7. The predicted octanol–water partition coefficient (Wildman–Crippen LogP) is 3.26. The molecule has 0 saturated carbocycles.